The molecule has 5 amide bonds. The monoisotopic (exact) mass is 1080 g/mol. The van der Waals surface area contributed by atoms with Crippen LogP contribution in [0.5, 0.6) is 5.75 Å². The number of hydrogen-bond donors (Lipinski definition) is 5. The van der Waals surface area contributed by atoms with Crippen molar-refractivity contribution >= 4 is 58.3 Å². The first-order chi connectivity index (χ1) is 36.4. The highest BCUT2D eigenvalue weighted by molar-refractivity contribution is 7.09. The summed E-state index contributed by atoms with van der Waals surface area (Å²) in [6.07, 6.45) is 4.46. The lowest BCUT2D eigenvalue weighted by molar-refractivity contribution is -0.149. The maximum absolute atomic E-state index is 14.3. The largest absolute Gasteiger partial charge is 0.506 e. The number of amides is 5. The van der Waals surface area contributed by atoms with Gasteiger partial charge in [0.2, 0.25) is 11.8 Å². The van der Waals surface area contributed by atoms with Gasteiger partial charge in [0.25, 0.3) is 17.7 Å². The number of Topliss-reactive ketones (excluding diaryl/α,β-unsaturated/α-hetero) is 1. The molecule has 1 aromatic carbocycles. The van der Waals surface area contributed by atoms with Crippen LogP contribution in [0, 0.1) is 35.5 Å². The maximum Gasteiger partial charge on any atom is 0.303 e. The van der Waals surface area contributed by atoms with E-state index in [4.69, 9.17) is 23.7 Å². The normalized spacial score (nSPS) is 15.5. The van der Waals surface area contributed by atoms with Gasteiger partial charge in [-0.2, -0.15) is 0 Å². The van der Waals surface area contributed by atoms with Gasteiger partial charge in [0.15, 0.2) is 11.9 Å². The topological polar surface area (TPSA) is 253 Å². The van der Waals surface area contributed by atoms with Crippen LogP contribution in [-0.2, 0) is 58.9 Å². The molecule has 5 N–H and O–H groups in total. The summed E-state index contributed by atoms with van der Waals surface area (Å²) in [6, 6.07) is 4.43. The predicted octanol–water partition coefficient (Wildman–Crippen LogP) is 5.08. The standard InChI is InChI=1S/C55H85N7O13S/c1-10-38(6)42(33-48(65)45-15-13-14-23-61(45)8)55(70)62(9)46(37(4)5)34-49(75-39(7)63)54-60-44(36-76-54)53(69)58-35-40(11-2)31-41-16-17-47(64)43(32-41)59-52(68)20-24-72-29-30-74-26-22-57-51(67)19-18-50(66)56-21-25-73-28-27-71-12-3/h16-17,32,36-38,40,42,45-46,49,64H,10-15,20-31,33-35H2,1-9H3,(H,56,66)(H,57,67)(H,58,69)(H,59,68)/t38-,40+,42-,45+,46+,49+/m0/s1. The fraction of sp³-hybridized carbons (Fsp3) is 0.673. The van der Waals surface area contributed by atoms with Crippen molar-refractivity contribution in [1.29, 1.82) is 0 Å². The molecule has 0 aliphatic carbocycles. The van der Waals surface area contributed by atoms with E-state index in [-0.39, 0.29) is 123 Å². The van der Waals surface area contributed by atoms with Crippen molar-refractivity contribution in [2.75, 3.05) is 98.4 Å². The van der Waals surface area contributed by atoms with E-state index < -0.39 is 35.7 Å². The minimum atomic E-state index is -0.824. The fourth-order valence-corrected chi connectivity index (χ4v) is 9.52. The molecule has 0 radical (unpaired) electrons. The number of hydrogen-bond acceptors (Lipinski definition) is 16. The number of nitrogens with zero attached hydrogens (tertiary/aromatic N) is 3. The number of ether oxygens (including phenoxy) is 5. The molecule has 76 heavy (non-hydrogen) atoms. The van der Waals surface area contributed by atoms with Crippen LogP contribution in [-0.4, -0.2) is 166 Å². The van der Waals surface area contributed by atoms with Crippen molar-refractivity contribution in [3.05, 3.63) is 39.8 Å². The number of nitrogens with one attached hydrogen (secondary N) is 4. The minimum absolute atomic E-state index is 0.00612. The van der Waals surface area contributed by atoms with E-state index >= 15 is 0 Å². The smallest absolute Gasteiger partial charge is 0.303 e. The number of likely N-dealkylation sites (tertiary alicyclic amines) is 1. The molecule has 1 fully saturated rings. The fourth-order valence-electron chi connectivity index (χ4n) is 8.68. The van der Waals surface area contributed by atoms with Crippen LogP contribution < -0.4 is 21.3 Å². The van der Waals surface area contributed by atoms with Crippen LogP contribution in [0.15, 0.2) is 23.6 Å². The first-order valence-corrected chi connectivity index (χ1v) is 27.7. The Bertz CT molecular complexity index is 2210. The molecule has 0 spiro atoms. The molecule has 21 heteroatoms. The zero-order valence-electron chi connectivity index (χ0n) is 46.3. The van der Waals surface area contributed by atoms with E-state index in [1.807, 2.05) is 48.6 Å². The molecular formula is C55H85N7O13S. The predicted molar refractivity (Wildman–Crippen MR) is 289 cm³/mol. The van der Waals surface area contributed by atoms with E-state index in [9.17, 15) is 38.7 Å². The molecule has 2 heterocycles. The number of aromatic hydroxyl groups is 1. The molecule has 2 aromatic rings. The number of piperidine rings is 1. The summed E-state index contributed by atoms with van der Waals surface area (Å²) in [5, 5.41) is 23.4. The SMILES string of the molecule is CCOCCOCCNC(=O)C#CC(=O)NCCOCCOCCC(=O)Nc1cc(C[C@@H](CC)CNC(=O)c2csc([C@@H](C[C@H](C(C)C)N(C)C(=O)[C@@H](CC(=O)[C@H]3CCCCN3C)[C@@H](C)CC)OC(C)=O)n2)ccc1O. The first kappa shape index (κ1) is 64.8. The third kappa shape index (κ3) is 23.8. The second-order valence-electron chi connectivity index (χ2n) is 19.5. The number of phenols is 1. The zero-order valence-corrected chi connectivity index (χ0v) is 47.1. The highest BCUT2D eigenvalue weighted by atomic mass is 32.1. The van der Waals surface area contributed by atoms with Gasteiger partial charge in [-0.3, -0.25) is 38.5 Å². The number of benzene rings is 1. The van der Waals surface area contributed by atoms with Crippen molar-refractivity contribution in [3.8, 4) is 17.6 Å². The van der Waals surface area contributed by atoms with E-state index in [0.717, 1.165) is 37.8 Å². The second-order valence-corrected chi connectivity index (χ2v) is 20.3. The Balaban J connectivity index is 1.45. The van der Waals surface area contributed by atoms with Crippen LogP contribution in [0.2, 0.25) is 0 Å². The van der Waals surface area contributed by atoms with Crippen molar-refractivity contribution in [2.45, 2.75) is 124 Å². The minimum Gasteiger partial charge on any atom is -0.506 e. The van der Waals surface area contributed by atoms with Crippen LogP contribution in [0.4, 0.5) is 5.69 Å². The molecule has 0 bridgehead atoms. The molecule has 1 aliphatic heterocycles. The van der Waals surface area contributed by atoms with Crippen LogP contribution in [0.25, 0.3) is 0 Å². The Labute approximate surface area is 453 Å². The van der Waals surface area contributed by atoms with Crippen LogP contribution in [0.1, 0.15) is 127 Å². The number of ketones is 1. The van der Waals surface area contributed by atoms with Crippen molar-refractivity contribution in [3.63, 3.8) is 0 Å². The molecule has 0 unspecified atom stereocenters. The van der Waals surface area contributed by atoms with Gasteiger partial charge in [0.1, 0.15) is 16.5 Å². The number of rotatable bonds is 35. The molecular weight excluding hydrogens is 999 g/mol. The van der Waals surface area contributed by atoms with E-state index in [2.05, 4.69) is 43.0 Å². The van der Waals surface area contributed by atoms with Gasteiger partial charge in [-0.25, -0.2) is 4.98 Å². The number of anilines is 1. The average Bonchev–Trinajstić information content (AvgIpc) is 3.90. The lowest BCUT2D eigenvalue weighted by Gasteiger charge is -2.37. The summed E-state index contributed by atoms with van der Waals surface area (Å²) in [7, 11) is 3.74. The molecule has 6 atom stereocenters. The van der Waals surface area contributed by atoms with E-state index in [1.54, 1.807) is 29.5 Å². The molecule has 1 aromatic heterocycles. The molecule has 1 aliphatic rings. The van der Waals surface area contributed by atoms with Gasteiger partial charge in [0, 0.05) is 82.2 Å². The number of thiazole rings is 1. The number of phenolic OH excluding ortho intramolecular Hbond substituents is 1. The number of carbonyl (C=O) groups is 7. The number of likely N-dealkylation sites (N-methyl/N-ethyl adjacent to an activating group) is 1. The van der Waals surface area contributed by atoms with Crippen molar-refractivity contribution < 1.29 is 62.4 Å². The van der Waals surface area contributed by atoms with Gasteiger partial charge in [-0.15, -0.1) is 11.3 Å². The van der Waals surface area contributed by atoms with Crippen LogP contribution >= 0.6 is 11.3 Å². The Morgan fingerprint density at radius 1 is 0.868 bits per heavy atom. The Kier molecular flexibility index (Phi) is 30.5. The quantitative estimate of drug-likeness (QED) is 0.0261. The molecule has 20 nitrogen and oxygen atoms in total. The maximum atomic E-state index is 14.3. The zero-order chi connectivity index (χ0) is 56.0. The van der Waals surface area contributed by atoms with Crippen molar-refractivity contribution in [2.24, 2.45) is 23.7 Å². The van der Waals surface area contributed by atoms with Gasteiger partial charge in [-0.05, 0) is 75.2 Å². The molecule has 0 saturated carbocycles. The summed E-state index contributed by atoms with van der Waals surface area (Å²) in [5.74, 6) is 1.28. The van der Waals surface area contributed by atoms with Gasteiger partial charge >= 0.3 is 5.97 Å². The molecule has 1 saturated heterocycles. The number of carbonyl (C=O) groups excluding carboxylic acids is 7. The Morgan fingerprint density at radius 3 is 2.11 bits per heavy atom. The van der Waals surface area contributed by atoms with E-state index in [0.29, 0.717) is 50.8 Å². The number of aromatic nitrogens is 1. The van der Waals surface area contributed by atoms with Gasteiger partial charge < -0.3 is 55.0 Å². The summed E-state index contributed by atoms with van der Waals surface area (Å²) in [6.45, 7) is 17.4. The van der Waals surface area contributed by atoms with Gasteiger partial charge in [0.05, 0.1) is 64.4 Å². The molecule has 3 rings (SSSR count). The first-order valence-electron chi connectivity index (χ1n) is 26.8. The highest BCUT2D eigenvalue weighted by Crippen LogP contribution is 2.33. The van der Waals surface area contributed by atoms with Crippen molar-refractivity contribution in [1.82, 2.24) is 30.7 Å². The Morgan fingerprint density at radius 2 is 1.51 bits per heavy atom. The van der Waals surface area contributed by atoms with Gasteiger partial charge in [-0.1, -0.05) is 59.9 Å². The molecule has 424 valence electrons. The summed E-state index contributed by atoms with van der Waals surface area (Å²) in [4.78, 5) is 98.8. The third-order valence-electron chi connectivity index (χ3n) is 13.4. The Hall–Kier alpha value is -5.50. The lowest BCUT2D eigenvalue weighted by Crippen LogP contribution is -2.48. The summed E-state index contributed by atoms with van der Waals surface area (Å²) >= 11 is 1.21. The summed E-state index contributed by atoms with van der Waals surface area (Å²) in [5.41, 5.74) is 1.26. The summed E-state index contributed by atoms with van der Waals surface area (Å²) < 4.78 is 27.2. The third-order valence-corrected chi connectivity index (χ3v) is 14.3. The second kappa shape index (κ2) is 35.8. The van der Waals surface area contributed by atoms with Crippen LogP contribution in [0.3, 0.4) is 0 Å². The number of esters is 1. The highest BCUT2D eigenvalue weighted by Gasteiger charge is 2.37. The lowest BCUT2D eigenvalue weighted by atomic mass is 9.83. The average molecular weight is 1080 g/mol. The van der Waals surface area contributed by atoms with E-state index in [1.165, 1.54) is 24.3 Å².